The van der Waals surface area contributed by atoms with Crippen molar-refractivity contribution in [1.29, 1.82) is 0 Å². The molecule has 0 radical (unpaired) electrons. The number of hydrogen-bond acceptors (Lipinski definition) is 3. The van der Waals surface area contributed by atoms with Crippen molar-refractivity contribution in [3.05, 3.63) is 96.0 Å². The third-order valence-corrected chi connectivity index (χ3v) is 8.00. The van der Waals surface area contributed by atoms with Crippen LogP contribution in [0.1, 0.15) is 0 Å². The zero-order chi connectivity index (χ0) is 22.4. The van der Waals surface area contributed by atoms with E-state index in [1.54, 1.807) is 11.3 Å². The van der Waals surface area contributed by atoms with Gasteiger partial charge in [0.1, 0.15) is 11.2 Å². The van der Waals surface area contributed by atoms with Crippen molar-refractivity contribution < 1.29 is 4.42 Å². The van der Waals surface area contributed by atoms with Crippen molar-refractivity contribution in [2.45, 2.75) is 0 Å². The van der Waals surface area contributed by atoms with Gasteiger partial charge in [0, 0.05) is 32.6 Å². The van der Waals surface area contributed by atoms with Gasteiger partial charge in [0.2, 0.25) is 0 Å². The molecule has 160 valence electrons. The molecule has 0 fully saturated rings. The minimum Gasteiger partial charge on any atom is -0.456 e. The molecule has 0 aliphatic heterocycles. The van der Waals surface area contributed by atoms with Crippen molar-refractivity contribution in [3.8, 4) is 5.13 Å². The Bertz CT molecular complexity index is 2100. The van der Waals surface area contributed by atoms with Gasteiger partial charge in [0.05, 0.1) is 21.3 Å². The van der Waals surface area contributed by atoms with E-state index < -0.39 is 0 Å². The zero-order valence-electron chi connectivity index (χ0n) is 17.7. The van der Waals surface area contributed by atoms with Crippen LogP contribution in [-0.2, 0) is 0 Å². The molecule has 34 heavy (non-hydrogen) atoms. The molecule has 8 aromatic rings. The van der Waals surface area contributed by atoms with Crippen molar-refractivity contribution in [1.82, 2.24) is 9.55 Å². The van der Waals surface area contributed by atoms with E-state index in [2.05, 4.69) is 65.2 Å². The summed E-state index contributed by atoms with van der Waals surface area (Å²) < 4.78 is 9.54. The summed E-state index contributed by atoms with van der Waals surface area (Å²) in [6.45, 7) is 0. The van der Waals surface area contributed by atoms with E-state index in [0.29, 0.717) is 5.02 Å². The molecule has 0 atom stereocenters. The van der Waals surface area contributed by atoms with E-state index in [0.717, 1.165) is 42.8 Å². The predicted octanol–water partition coefficient (Wildman–Crippen LogP) is 9.10. The number of para-hydroxylation sites is 1. The van der Waals surface area contributed by atoms with E-state index in [1.807, 2.05) is 30.3 Å². The Morgan fingerprint density at radius 2 is 1.56 bits per heavy atom. The monoisotopic (exact) mass is 474 g/mol. The van der Waals surface area contributed by atoms with Crippen molar-refractivity contribution in [3.63, 3.8) is 0 Å². The highest BCUT2D eigenvalue weighted by molar-refractivity contribution is 7.22. The third kappa shape index (κ3) is 2.39. The molecule has 3 heterocycles. The number of furan rings is 1. The Labute approximate surface area is 202 Å². The Morgan fingerprint density at radius 3 is 2.50 bits per heavy atom. The van der Waals surface area contributed by atoms with E-state index in [-0.39, 0.29) is 0 Å². The highest BCUT2D eigenvalue weighted by Crippen LogP contribution is 2.42. The highest BCUT2D eigenvalue weighted by atomic mass is 35.5. The van der Waals surface area contributed by atoms with E-state index >= 15 is 0 Å². The van der Waals surface area contributed by atoms with Crippen molar-refractivity contribution >= 4 is 87.7 Å². The van der Waals surface area contributed by atoms with Gasteiger partial charge in [0.15, 0.2) is 5.13 Å². The Balaban J connectivity index is 1.51. The van der Waals surface area contributed by atoms with Gasteiger partial charge in [-0.2, -0.15) is 0 Å². The van der Waals surface area contributed by atoms with Gasteiger partial charge in [-0.25, -0.2) is 4.98 Å². The molecule has 5 heteroatoms. The molecule has 5 aromatic carbocycles. The van der Waals surface area contributed by atoms with Gasteiger partial charge in [-0.05, 0) is 47.2 Å². The molecule has 0 spiro atoms. The van der Waals surface area contributed by atoms with Crippen LogP contribution in [0.25, 0.3) is 69.9 Å². The standard InChI is InChI=1S/C29H15ClN2OS/c30-17-10-11-20-25(15-17)33-24-14-12-21-28(27(20)24)34-29(31-21)32-22-8-4-3-7-19(22)26-18-6-2-1-5-16(18)9-13-23(26)32/h1-15H. The quantitative estimate of drug-likeness (QED) is 0.237. The van der Waals surface area contributed by atoms with Crippen LogP contribution >= 0.6 is 22.9 Å². The van der Waals surface area contributed by atoms with E-state index in [9.17, 15) is 0 Å². The molecule has 0 amide bonds. The maximum atomic E-state index is 6.22. The molecule has 0 aliphatic carbocycles. The lowest BCUT2D eigenvalue weighted by Gasteiger charge is -2.04. The van der Waals surface area contributed by atoms with Gasteiger partial charge in [-0.3, -0.25) is 4.57 Å². The number of nitrogens with zero attached hydrogens (tertiary/aromatic N) is 2. The van der Waals surface area contributed by atoms with Crippen molar-refractivity contribution in [2.75, 3.05) is 0 Å². The van der Waals surface area contributed by atoms with Crippen LogP contribution in [-0.4, -0.2) is 9.55 Å². The number of hydrogen-bond donors (Lipinski definition) is 0. The van der Waals surface area contributed by atoms with Gasteiger partial charge in [-0.1, -0.05) is 71.5 Å². The third-order valence-electron chi connectivity index (χ3n) is 6.69. The number of fused-ring (bicyclic) bond motifs is 10. The number of aromatic nitrogens is 2. The van der Waals surface area contributed by atoms with Crippen LogP contribution in [0.3, 0.4) is 0 Å². The molecule has 0 saturated heterocycles. The van der Waals surface area contributed by atoms with Crippen LogP contribution in [0.4, 0.5) is 0 Å². The van der Waals surface area contributed by atoms with E-state index in [1.165, 1.54) is 27.1 Å². The number of rotatable bonds is 1. The van der Waals surface area contributed by atoms with Crippen LogP contribution in [0, 0.1) is 0 Å². The minimum absolute atomic E-state index is 0.672. The van der Waals surface area contributed by atoms with Gasteiger partial charge < -0.3 is 4.42 Å². The van der Waals surface area contributed by atoms with Crippen LogP contribution in [0.2, 0.25) is 5.02 Å². The summed E-state index contributed by atoms with van der Waals surface area (Å²) in [4.78, 5) is 5.10. The lowest BCUT2D eigenvalue weighted by atomic mass is 10.0. The molecule has 0 bridgehead atoms. The normalized spacial score (nSPS) is 12.3. The molecule has 0 N–H and O–H groups in total. The van der Waals surface area contributed by atoms with E-state index in [4.69, 9.17) is 21.0 Å². The van der Waals surface area contributed by atoms with Crippen molar-refractivity contribution in [2.24, 2.45) is 0 Å². The van der Waals surface area contributed by atoms with Crippen LogP contribution in [0.15, 0.2) is 95.4 Å². The predicted molar refractivity (Wildman–Crippen MR) is 144 cm³/mol. The molecular formula is C29H15ClN2OS. The molecular weight excluding hydrogens is 460 g/mol. The van der Waals surface area contributed by atoms with Gasteiger partial charge >= 0.3 is 0 Å². The lowest BCUT2D eigenvalue weighted by molar-refractivity contribution is 0.669. The highest BCUT2D eigenvalue weighted by Gasteiger charge is 2.19. The largest absolute Gasteiger partial charge is 0.456 e. The molecule has 8 rings (SSSR count). The van der Waals surface area contributed by atoms with Crippen LogP contribution in [0.5, 0.6) is 0 Å². The summed E-state index contributed by atoms with van der Waals surface area (Å²) >= 11 is 7.92. The van der Waals surface area contributed by atoms with Gasteiger partial charge in [-0.15, -0.1) is 0 Å². The Kier molecular flexibility index (Phi) is 3.60. The second kappa shape index (κ2) is 6.60. The Hall–Kier alpha value is -3.86. The maximum absolute atomic E-state index is 6.22. The number of thiazole rings is 1. The summed E-state index contributed by atoms with van der Waals surface area (Å²) in [5.74, 6) is 0. The average Bonchev–Trinajstić information content (AvgIpc) is 3.54. The summed E-state index contributed by atoms with van der Waals surface area (Å²) in [6.07, 6.45) is 0. The fourth-order valence-corrected chi connectivity index (χ4v) is 6.56. The minimum atomic E-state index is 0.672. The maximum Gasteiger partial charge on any atom is 0.195 e. The molecule has 0 saturated carbocycles. The second-order valence-electron chi connectivity index (χ2n) is 8.56. The molecule has 3 aromatic heterocycles. The average molecular weight is 475 g/mol. The molecule has 0 aliphatic rings. The van der Waals surface area contributed by atoms with Crippen LogP contribution < -0.4 is 0 Å². The summed E-state index contributed by atoms with van der Waals surface area (Å²) in [7, 11) is 0. The summed E-state index contributed by atoms with van der Waals surface area (Å²) in [5.41, 5.74) is 4.95. The fraction of sp³-hybridized carbons (Fsp3) is 0. The topological polar surface area (TPSA) is 31.0 Å². The SMILES string of the molecule is Clc1ccc2c(c1)oc1ccc3nc(-n4c5ccccc5c5c6ccccc6ccc54)sc3c12. The number of benzene rings is 5. The lowest BCUT2D eigenvalue weighted by Crippen LogP contribution is -1.92. The first-order valence-corrected chi connectivity index (χ1v) is 12.3. The smallest absolute Gasteiger partial charge is 0.195 e. The first-order valence-electron chi connectivity index (χ1n) is 11.1. The van der Waals surface area contributed by atoms with Gasteiger partial charge in [0.25, 0.3) is 0 Å². The fourth-order valence-electron chi connectivity index (χ4n) is 5.25. The first kappa shape index (κ1) is 18.6. The first-order chi connectivity index (χ1) is 16.8. The summed E-state index contributed by atoms with van der Waals surface area (Å²) in [6, 6.07) is 31.5. The number of halogens is 1. The zero-order valence-corrected chi connectivity index (χ0v) is 19.3. The second-order valence-corrected chi connectivity index (χ2v) is 9.97. The Morgan fingerprint density at radius 1 is 0.706 bits per heavy atom. The molecule has 3 nitrogen and oxygen atoms in total. The molecule has 0 unspecified atom stereocenters. The summed E-state index contributed by atoms with van der Waals surface area (Å²) in [5, 5.41) is 8.79.